The van der Waals surface area contributed by atoms with Gasteiger partial charge in [-0.1, -0.05) is 32.0 Å². The molecule has 0 aliphatic heterocycles. The van der Waals surface area contributed by atoms with Gasteiger partial charge in [-0.25, -0.2) is 0 Å². The molecule has 25 heavy (non-hydrogen) atoms. The Labute approximate surface area is 148 Å². The van der Waals surface area contributed by atoms with Gasteiger partial charge in [0, 0.05) is 31.3 Å². The van der Waals surface area contributed by atoms with Crippen molar-refractivity contribution in [1.29, 1.82) is 0 Å². The molecule has 0 fully saturated rings. The lowest BCUT2D eigenvalue weighted by molar-refractivity contribution is -0.117. The van der Waals surface area contributed by atoms with E-state index in [1.165, 1.54) is 0 Å². The Kier molecular flexibility index (Phi) is 7.99. The summed E-state index contributed by atoms with van der Waals surface area (Å²) in [5, 5.41) is 3.04. The fourth-order valence-corrected chi connectivity index (χ4v) is 2.13. The highest BCUT2D eigenvalue weighted by Gasteiger charge is 2.14. The molecule has 0 bridgehead atoms. The smallest absolute Gasteiger partial charge is 0.258 e. The average molecular weight is 342 g/mol. The van der Waals surface area contributed by atoms with E-state index in [9.17, 15) is 9.59 Å². The van der Waals surface area contributed by atoms with E-state index in [1.807, 2.05) is 32.0 Å². The highest BCUT2D eigenvalue weighted by Crippen LogP contribution is 2.25. The third-order valence-corrected chi connectivity index (χ3v) is 3.43. The number of amides is 2. The normalized spacial score (nSPS) is 9.56. The molecular weight excluding hydrogens is 316 g/mol. The monoisotopic (exact) mass is 342 g/mol. The van der Waals surface area contributed by atoms with Crippen LogP contribution >= 0.6 is 0 Å². The maximum atomic E-state index is 12.4. The molecule has 2 aromatic rings. The fraction of sp³-hybridized carbons (Fsp3) is 0.263. The van der Waals surface area contributed by atoms with Crippen LogP contribution in [-0.2, 0) is 4.79 Å². The molecule has 2 rings (SSSR count). The zero-order valence-electron chi connectivity index (χ0n) is 15.0. The van der Waals surface area contributed by atoms with Crippen LogP contribution in [0.2, 0.25) is 0 Å². The molecule has 134 valence electrons. The molecule has 0 aliphatic carbocycles. The van der Waals surface area contributed by atoms with Crippen LogP contribution in [0.5, 0.6) is 0 Å². The molecule has 0 unspecified atom stereocenters. The van der Waals surface area contributed by atoms with E-state index in [2.05, 4.69) is 5.32 Å². The van der Waals surface area contributed by atoms with E-state index in [0.717, 1.165) is 0 Å². The summed E-state index contributed by atoms with van der Waals surface area (Å²) in [4.78, 5) is 24.7. The number of hydrogen-bond acceptors (Lipinski definition) is 4. The first-order chi connectivity index (χ1) is 12.0. The quantitative estimate of drug-likeness (QED) is 0.703. The summed E-state index contributed by atoms with van der Waals surface area (Å²) in [5.41, 5.74) is 13.6. The van der Waals surface area contributed by atoms with Gasteiger partial charge in [0.1, 0.15) is 0 Å². The van der Waals surface area contributed by atoms with E-state index in [0.29, 0.717) is 29.2 Å². The van der Waals surface area contributed by atoms with Gasteiger partial charge in [-0.15, -0.1) is 0 Å². The minimum atomic E-state index is -0.374. The summed E-state index contributed by atoms with van der Waals surface area (Å²) in [5.74, 6) is -0.486. The molecule has 2 amide bonds. The van der Waals surface area contributed by atoms with Crippen LogP contribution in [0.15, 0.2) is 48.5 Å². The first-order valence-corrected chi connectivity index (χ1v) is 8.24. The van der Waals surface area contributed by atoms with Crippen LogP contribution in [-0.4, -0.2) is 25.4 Å². The Morgan fingerprint density at radius 3 is 2.28 bits per heavy atom. The van der Waals surface area contributed by atoms with Gasteiger partial charge in [-0.2, -0.15) is 0 Å². The first kappa shape index (κ1) is 20.0. The molecule has 0 atom stereocenters. The van der Waals surface area contributed by atoms with Crippen LogP contribution in [0.1, 0.15) is 30.6 Å². The molecule has 0 aliphatic rings. The predicted molar refractivity (Wildman–Crippen MR) is 104 cm³/mol. The molecule has 5 N–H and O–H groups in total. The van der Waals surface area contributed by atoms with Crippen molar-refractivity contribution in [1.82, 2.24) is 0 Å². The average Bonchev–Trinajstić information content (AvgIpc) is 2.64. The summed E-state index contributed by atoms with van der Waals surface area (Å²) in [6.45, 7) is 4.41. The number of hydrogen-bond donors (Lipinski definition) is 3. The zero-order chi connectivity index (χ0) is 18.8. The number of nitrogens with zero attached hydrogens (tertiary/aromatic N) is 1. The maximum Gasteiger partial charge on any atom is 0.258 e. The van der Waals surface area contributed by atoms with Crippen molar-refractivity contribution < 1.29 is 9.59 Å². The molecule has 0 heterocycles. The molecule has 0 saturated carbocycles. The third-order valence-electron chi connectivity index (χ3n) is 3.43. The lowest BCUT2D eigenvalue weighted by Crippen LogP contribution is -2.26. The second-order valence-corrected chi connectivity index (χ2v) is 5.14. The first-order valence-electron chi connectivity index (χ1n) is 8.24. The van der Waals surface area contributed by atoms with Crippen LogP contribution < -0.4 is 21.7 Å². The standard InChI is InChI=1S/C17H20N4O2.C2H6/c1-21(17(23)12-5-3-2-4-6-12)13-7-8-15(14(18)11-13)20-10-9-16(19)22;1-2/h2-8,11,20H,9-10,18H2,1H3,(H2,19,22);1-2H3. The fourth-order valence-electron chi connectivity index (χ4n) is 2.13. The van der Waals surface area contributed by atoms with Gasteiger partial charge in [0.15, 0.2) is 0 Å². The Balaban J connectivity index is 0.00000151. The minimum absolute atomic E-state index is 0.112. The SMILES string of the molecule is CC.CN(C(=O)c1ccccc1)c1ccc(NCCC(N)=O)c(N)c1. The lowest BCUT2D eigenvalue weighted by Gasteiger charge is -2.19. The van der Waals surface area contributed by atoms with E-state index < -0.39 is 0 Å². The lowest BCUT2D eigenvalue weighted by atomic mass is 10.1. The highest BCUT2D eigenvalue weighted by molar-refractivity contribution is 6.06. The summed E-state index contributed by atoms with van der Waals surface area (Å²) >= 11 is 0. The molecule has 0 radical (unpaired) electrons. The van der Waals surface area contributed by atoms with Crippen molar-refractivity contribution in [2.75, 3.05) is 29.5 Å². The van der Waals surface area contributed by atoms with Crippen molar-refractivity contribution in [2.45, 2.75) is 20.3 Å². The van der Waals surface area contributed by atoms with Gasteiger partial charge in [0.05, 0.1) is 11.4 Å². The minimum Gasteiger partial charge on any atom is -0.397 e. The second-order valence-electron chi connectivity index (χ2n) is 5.14. The van der Waals surface area contributed by atoms with Gasteiger partial charge in [-0.05, 0) is 30.3 Å². The van der Waals surface area contributed by atoms with Gasteiger partial charge in [-0.3, -0.25) is 9.59 Å². The summed E-state index contributed by atoms with van der Waals surface area (Å²) in [6.07, 6.45) is 0.230. The Morgan fingerprint density at radius 2 is 1.72 bits per heavy atom. The largest absolute Gasteiger partial charge is 0.397 e. The topological polar surface area (TPSA) is 101 Å². The van der Waals surface area contributed by atoms with E-state index in [1.54, 1.807) is 42.3 Å². The Bertz CT molecular complexity index is 702. The highest BCUT2D eigenvalue weighted by atomic mass is 16.2. The number of benzene rings is 2. The van der Waals surface area contributed by atoms with Crippen LogP contribution in [0.25, 0.3) is 0 Å². The second kappa shape index (κ2) is 9.97. The number of carbonyl (C=O) groups is 2. The van der Waals surface area contributed by atoms with Crippen molar-refractivity contribution in [3.63, 3.8) is 0 Å². The zero-order valence-corrected chi connectivity index (χ0v) is 15.0. The number of anilines is 3. The molecular formula is C19H26N4O2. The predicted octanol–water partition coefficient (Wildman–Crippen LogP) is 2.86. The van der Waals surface area contributed by atoms with Crippen molar-refractivity contribution >= 4 is 28.9 Å². The number of nitrogens with two attached hydrogens (primary N) is 2. The Morgan fingerprint density at radius 1 is 1.08 bits per heavy atom. The summed E-state index contributed by atoms with van der Waals surface area (Å²) < 4.78 is 0. The number of primary amides is 1. The number of nitrogens with one attached hydrogen (secondary N) is 1. The van der Waals surface area contributed by atoms with E-state index >= 15 is 0 Å². The molecule has 0 spiro atoms. The van der Waals surface area contributed by atoms with Gasteiger partial charge in [0.2, 0.25) is 5.91 Å². The molecule has 0 saturated heterocycles. The summed E-state index contributed by atoms with van der Waals surface area (Å²) in [6, 6.07) is 14.3. The molecule has 6 heteroatoms. The van der Waals surface area contributed by atoms with Gasteiger partial charge < -0.3 is 21.7 Å². The molecule has 6 nitrogen and oxygen atoms in total. The van der Waals surface area contributed by atoms with Crippen molar-refractivity contribution in [2.24, 2.45) is 5.73 Å². The van der Waals surface area contributed by atoms with E-state index in [4.69, 9.17) is 11.5 Å². The number of rotatable bonds is 6. The van der Waals surface area contributed by atoms with Gasteiger partial charge in [0.25, 0.3) is 5.91 Å². The maximum absolute atomic E-state index is 12.4. The van der Waals surface area contributed by atoms with Crippen LogP contribution in [0.4, 0.5) is 17.1 Å². The molecule has 2 aromatic carbocycles. The van der Waals surface area contributed by atoms with Crippen LogP contribution in [0, 0.1) is 0 Å². The summed E-state index contributed by atoms with van der Waals surface area (Å²) in [7, 11) is 1.70. The van der Waals surface area contributed by atoms with Crippen LogP contribution in [0.3, 0.4) is 0 Å². The Hall–Kier alpha value is -3.02. The third kappa shape index (κ3) is 5.84. The van der Waals surface area contributed by atoms with Crippen molar-refractivity contribution in [3.05, 3.63) is 54.1 Å². The van der Waals surface area contributed by atoms with Crippen molar-refractivity contribution in [3.8, 4) is 0 Å². The van der Waals surface area contributed by atoms with Gasteiger partial charge >= 0.3 is 0 Å². The molecule has 0 aromatic heterocycles. The van der Waals surface area contributed by atoms with E-state index in [-0.39, 0.29) is 18.2 Å². The number of carbonyl (C=O) groups excluding carboxylic acids is 2. The number of nitrogen functional groups attached to an aromatic ring is 1.